The Bertz CT molecular complexity index is 730. The number of carbonyl (C=O) groups is 2. The lowest BCUT2D eigenvalue weighted by Gasteiger charge is -2.11. The first-order valence-electron chi connectivity index (χ1n) is 7.65. The average molecular weight is 364 g/mol. The summed E-state index contributed by atoms with van der Waals surface area (Å²) in [7, 11) is 1.59. The van der Waals surface area contributed by atoms with Gasteiger partial charge in [0.15, 0.2) is 0 Å². The van der Waals surface area contributed by atoms with E-state index in [9.17, 15) is 9.59 Å². The van der Waals surface area contributed by atoms with Crippen LogP contribution in [0.2, 0.25) is 0 Å². The molecule has 9 heteroatoms. The average Bonchev–Trinajstić information content (AvgIpc) is 3.02. The Balaban J connectivity index is 1.95. The SMILES string of the molecule is COc1ccc(-c2nnc(S[C@@H](C)C(=O)NC(=O)NC(C)C)o2)cc1. The Morgan fingerprint density at radius 3 is 2.44 bits per heavy atom. The van der Waals surface area contributed by atoms with Crippen LogP contribution >= 0.6 is 11.8 Å². The normalized spacial score (nSPS) is 11.9. The van der Waals surface area contributed by atoms with Crippen LogP contribution in [0, 0.1) is 0 Å². The third-order valence-corrected chi connectivity index (χ3v) is 3.98. The Morgan fingerprint density at radius 1 is 1.16 bits per heavy atom. The van der Waals surface area contributed by atoms with Crippen LogP contribution in [-0.4, -0.2) is 40.5 Å². The number of rotatable bonds is 6. The van der Waals surface area contributed by atoms with Gasteiger partial charge in [-0.2, -0.15) is 0 Å². The smallest absolute Gasteiger partial charge is 0.321 e. The molecule has 2 aromatic rings. The molecule has 8 nitrogen and oxygen atoms in total. The number of ether oxygens (including phenoxy) is 1. The van der Waals surface area contributed by atoms with E-state index in [0.29, 0.717) is 5.89 Å². The first-order valence-corrected chi connectivity index (χ1v) is 8.53. The molecule has 25 heavy (non-hydrogen) atoms. The van der Waals surface area contributed by atoms with Crippen LogP contribution in [0.3, 0.4) is 0 Å². The summed E-state index contributed by atoms with van der Waals surface area (Å²) in [4.78, 5) is 23.5. The topological polar surface area (TPSA) is 106 Å². The van der Waals surface area contributed by atoms with Crippen molar-refractivity contribution in [3.63, 3.8) is 0 Å². The molecule has 0 spiro atoms. The Morgan fingerprint density at radius 2 is 1.84 bits per heavy atom. The number of aromatic nitrogens is 2. The van der Waals surface area contributed by atoms with E-state index in [2.05, 4.69) is 20.8 Å². The zero-order valence-electron chi connectivity index (χ0n) is 14.4. The summed E-state index contributed by atoms with van der Waals surface area (Å²) in [6.07, 6.45) is 0. The number of methoxy groups -OCH3 is 1. The van der Waals surface area contributed by atoms with Gasteiger partial charge in [0.2, 0.25) is 11.8 Å². The van der Waals surface area contributed by atoms with Crippen molar-refractivity contribution in [3.8, 4) is 17.2 Å². The first kappa shape index (κ1) is 18.8. The molecule has 1 heterocycles. The van der Waals surface area contributed by atoms with Gasteiger partial charge < -0.3 is 14.5 Å². The van der Waals surface area contributed by atoms with Crippen molar-refractivity contribution in [1.29, 1.82) is 0 Å². The maximum Gasteiger partial charge on any atom is 0.321 e. The first-order chi connectivity index (χ1) is 11.9. The molecule has 2 N–H and O–H groups in total. The van der Waals surface area contributed by atoms with E-state index in [0.717, 1.165) is 23.1 Å². The summed E-state index contributed by atoms with van der Waals surface area (Å²) in [5.41, 5.74) is 0.744. The van der Waals surface area contributed by atoms with E-state index >= 15 is 0 Å². The second-order valence-electron chi connectivity index (χ2n) is 5.48. The lowest BCUT2D eigenvalue weighted by molar-refractivity contribution is -0.119. The van der Waals surface area contributed by atoms with Crippen LogP contribution in [0.5, 0.6) is 5.75 Å². The highest BCUT2D eigenvalue weighted by atomic mass is 32.2. The molecule has 134 valence electrons. The fraction of sp³-hybridized carbons (Fsp3) is 0.375. The Hall–Kier alpha value is -2.55. The second-order valence-corrected chi connectivity index (χ2v) is 6.77. The highest BCUT2D eigenvalue weighted by molar-refractivity contribution is 8.00. The van der Waals surface area contributed by atoms with Crippen LogP contribution in [0.1, 0.15) is 20.8 Å². The number of carbonyl (C=O) groups excluding carboxylic acids is 2. The fourth-order valence-electron chi connectivity index (χ4n) is 1.82. The molecule has 2 rings (SSSR count). The highest BCUT2D eigenvalue weighted by Gasteiger charge is 2.20. The summed E-state index contributed by atoms with van der Waals surface area (Å²) >= 11 is 1.08. The van der Waals surface area contributed by atoms with Gasteiger partial charge in [-0.15, -0.1) is 10.2 Å². The molecule has 0 saturated heterocycles. The number of benzene rings is 1. The largest absolute Gasteiger partial charge is 0.497 e. The third kappa shape index (κ3) is 5.49. The van der Waals surface area contributed by atoms with Gasteiger partial charge in [0.1, 0.15) is 5.75 Å². The van der Waals surface area contributed by atoms with Crippen molar-refractivity contribution in [3.05, 3.63) is 24.3 Å². The van der Waals surface area contributed by atoms with Gasteiger partial charge >= 0.3 is 6.03 Å². The lowest BCUT2D eigenvalue weighted by Crippen LogP contribution is -2.45. The minimum absolute atomic E-state index is 0.0567. The number of nitrogens with one attached hydrogen (secondary N) is 2. The standard InChI is InChI=1S/C16H20N4O4S/c1-9(2)17-15(22)18-13(21)10(3)25-16-20-19-14(24-16)11-5-7-12(23-4)8-6-11/h5-10H,1-4H3,(H2,17,18,21,22)/t10-/m0/s1. The summed E-state index contributed by atoms with van der Waals surface area (Å²) in [5.74, 6) is 0.630. The van der Waals surface area contributed by atoms with Gasteiger partial charge in [0.25, 0.3) is 5.22 Å². The summed E-state index contributed by atoms with van der Waals surface area (Å²) in [6, 6.07) is 6.59. The zero-order valence-corrected chi connectivity index (χ0v) is 15.2. The van der Waals surface area contributed by atoms with Crippen molar-refractivity contribution in [2.45, 2.75) is 37.3 Å². The van der Waals surface area contributed by atoms with Crippen LogP contribution < -0.4 is 15.4 Å². The molecule has 0 fully saturated rings. The summed E-state index contributed by atoms with van der Waals surface area (Å²) in [5, 5.41) is 12.4. The minimum Gasteiger partial charge on any atom is -0.497 e. The van der Waals surface area contributed by atoms with Crippen molar-refractivity contribution in [2.24, 2.45) is 0 Å². The molecule has 0 unspecified atom stereocenters. The van der Waals surface area contributed by atoms with Crippen molar-refractivity contribution in [1.82, 2.24) is 20.8 Å². The molecule has 1 atom stereocenters. The number of urea groups is 1. The number of imide groups is 1. The number of hydrogen-bond donors (Lipinski definition) is 2. The maximum absolute atomic E-state index is 12.0. The molecule has 3 amide bonds. The number of nitrogens with zero attached hydrogens (tertiary/aromatic N) is 2. The summed E-state index contributed by atoms with van der Waals surface area (Å²) in [6.45, 7) is 5.27. The summed E-state index contributed by atoms with van der Waals surface area (Å²) < 4.78 is 10.6. The lowest BCUT2D eigenvalue weighted by atomic mass is 10.2. The molecule has 1 aromatic heterocycles. The number of amides is 3. The van der Waals surface area contributed by atoms with Crippen LogP contribution in [0.4, 0.5) is 4.79 Å². The second kappa shape index (κ2) is 8.52. The number of hydrogen-bond acceptors (Lipinski definition) is 7. The molecule has 0 aliphatic heterocycles. The predicted molar refractivity (Wildman–Crippen MR) is 93.4 cm³/mol. The van der Waals surface area contributed by atoms with E-state index < -0.39 is 17.2 Å². The third-order valence-electron chi connectivity index (χ3n) is 3.05. The highest BCUT2D eigenvalue weighted by Crippen LogP contribution is 2.27. The fourth-order valence-corrected chi connectivity index (χ4v) is 2.51. The minimum atomic E-state index is -0.568. The van der Waals surface area contributed by atoms with E-state index in [1.54, 1.807) is 52.1 Å². The Kier molecular flexibility index (Phi) is 6.40. The molecular formula is C16H20N4O4S. The van der Waals surface area contributed by atoms with Gasteiger partial charge in [-0.1, -0.05) is 11.8 Å². The molecule has 0 aliphatic rings. The van der Waals surface area contributed by atoms with E-state index in [1.807, 2.05) is 0 Å². The van der Waals surface area contributed by atoms with Crippen molar-refractivity contribution >= 4 is 23.7 Å². The quantitative estimate of drug-likeness (QED) is 0.758. The molecule has 1 aromatic carbocycles. The maximum atomic E-state index is 12.0. The van der Waals surface area contributed by atoms with Gasteiger partial charge in [-0.3, -0.25) is 10.1 Å². The van der Waals surface area contributed by atoms with Gasteiger partial charge in [-0.05, 0) is 45.0 Å². The van der Waals surface area contributed by atoms with Gasteiger partial charge in [0.05, 0.1) is 12.4 Å². The van der Waals surface area contributed by atoms with Crippen LogP contribution in [0.15, 0.2) is 33.9 Å². The Labute approximate surface area is 149 Å². The monoisotopic (exact) mass is 364 g/mol. The van der Waals surface area contributed by atoms with E-state index in [1.165, 1.54) is 0 Å². The molecule has 0 radical (unpaired) electrons. The van der Waals surface area contributed by atoms with Crippen molar-refractivity contribution < 1.29 is 18.7 Å². The van der Waals surface area contributed by atoms with Crippen LogP contribution in [-0.2, 0) is 4.79 Å². The zero-order chi connectivity index (χ0) is 18.4. The number of thioether (sulfide) groups is 1. The van der Waals surface area contributed by atoms with Gasteiger partial charge in [0, 0.05) is 11.6 Å². The molecule has 0 saturated carbocycles. The molecule has 0 bridgehead atoms. The van der Waals surface area contributed by atoms with E-state index in [-0.39, 0.29) is 11.3 Å². The molecular weight excluding hydrogens is 344 g/mol. The van der Waals surface area contributed by atoms with Gasteiger partial charge in [-0.25, -0.2) is 4.79 Å². The molecule has 0 aliphatic carbocycles. The van der Waals surface area contributed by atoms with E-state index in [4.69, 9.17) is 9.15 Å². The van der Waals surface area contributed by atoms with Crippen molar-refractivity contribution in [2.75, 3.05) is 7.11 Å². The van der Waals surface area contributed by atoms with Crippen LogP contribution in [0.25, 0.3) is 11.5 Å². The predicted octanol–water partition coefficient (Wildman–Crippen LogP) is 2.46.